The van der Waals surface area contributed by atoms with Crippen molar-refractivity contribution in [2.75, 3.05) is 18.5 Å². The molecule has 94 valence electrons. The maximum absolute atomic E-state index is 11.7. The molecule has 1 rings (SSSR count). The summed E-state index contributed by atoms with van der Waals surface area (Å²) in [5.74, 6) is 0.766. The Morgan fingerprint density at radius 1 is 1.47 bits per heavy atom. The fraction of sp³-hybridized carbons (Fsp3) is 0.500. The van der Waals surface area contributed by atoms with Crippen molar-refractivity contribution in [3.8, 4) is 0 Å². The standard InChI is InChI=1S/C12H18BrN3O/c1-12(2,3)15-11(17)8-16(4)10-6-5-9(13)7-14-10/h5-7H,8H2,1-4H3,(H,15,17). The van der Waals surface area contributed by atoms with E-state index < -0.39 is 0 Å². The van der Waals surface area contributed by atoms with Crippen LogP contribution in [0.3, 0.4) is 0 Å². The molecule has 0 aliphatic heterocycles. The van der Waals surface area contributed by atoms with Gasteiger partial charge in [0.2, 0.25) is 5.91 Å². The monoisotopic (exact) mass is 299 g/mol. The van der Waals surface area contributed by atoms with E-state index >= 15 is 0 Å². The van der Waals surface area contributed by atoms with Gasteiger partial charge in [-0.25, -0.2) is 4.98 Å². The Kier molecular flexibility index (Phi) is 4.51. The summed E-state index contributed by atoms with van der Waals surface area (Å²) in [6.07, 6.45) is 1.72. The Hall–Kier alpha value is -1.10. The van der Waals surface area contributed by atoms with Crippen molar-refractivity contribution in [3.63, 3.8) is 0 Å². The molecule has 1 heterocycles. The highest BCUT2D eigenvalue weighted by Gasteiger charge is 2.15. The summed E-state index contributed by atoms with van der Waals surface area (Å²) in [5.41, 5.74) is -0.203. The van der Waals surface area contributed by atoms with Gasteiger partial charge in [0.05, 0.1) is 6.54 Å². The zero-order valence-corrected chi connectivity index (χ0v) is 12.2. The van der Waals surface area contributed by atoms with Gasteiger partial charge in [-0.15, -0.1) is 0 Å². The van der Waals surface area contributed by atoms with E-state index in [1.165, 1.54) is 0 Å². The third-order valence-corrected chi connectivity index (χ3v) is 2.47. The summed E-state index contributed by atoms with van der Waals surface area (Å²) in [7, 11) is 1.85. The lowest BCUT2D eigenvalue weighted by Crippen LogP contribution is -2.45. The lowest BCUT2D eigenvalue weighted by molar-refractivity contribution is -0.121. The minimum absolute atomic E-state index is 0.00952. The summed E-state index contributed by atoms with van der Waals surface area (Å²) < 4.78 is 0.925. The van der Waals surface area contributed by atoms with Crippen LogP contribution in [0.2, 0.25) is 0 Å². The lowest BCUT2D eigenvalue weighted by Gasteiger charge is -2.23. The molecule has 0 aliphatic rings. The van der Waals surface area contributed by atoms with E-state index in [9.17, 15) is 4.79 Å². The number of hydrogen-bond donors (Lipinski definition) is 1. The molecule has 17 heavy (non-hydrogen) atoms. The minimum Gasteiger partial charge on any atom is -0.350 e. The first-order chi connectivity index (χ1) is 7.78. The minimum atomic E-state index is -0.203. The van der Waals surface area contributed by atoms with E-state index in [0.29, 0.717) is 6.54 Å². The van der Waals surface area contributed by atoms with Crippen molar-refractivity contribution in [2.45, 2.75) is 26.3 Å². The van der Waals surface area contributed by atoms with E-state index in [1.54, 1.807) is 6.20 Å². The fourth-order valence-electron chi connectivity index (χ4n) is 1.35. The number of nitrogens with zero attached hydrogens (tertiary/aromatic N) is 2. The molecule has 1 aromatic rings. The molecule has 0 fully saturated rings. The van der Waals surface area contributed by atoms with Crippen molar-refractivity contribution in [3.05, 3.63) is 22.8 Å². The van der Waals surface area contributed by atoms with E-state index in [-0.39, 0.29) is 11.4 Å². The average Bonchev–Trinajstić information content (AvgIpc) is 2.15. The Morgan fingerprint density at radius 2 is 2.12 bits per heavy atom. The first kappa shape index (κ1) is 14.0. The van der Waals surface area contributed by atoms with Gasteiger partial charge in [-0.1, -0.05) is 0 Å². The average molecular weight is 300 g/mol. The van der Waals surface area contributed by atoms with Crippen molar-refractivity contribution in [1.29, 1.82) is 0 Å². The van der Waals surface area contributed by atoms with Crippen LogP contribution < -0.4 is 10.2 Å². The first-order valence-corrected chi connectivity index (χ1v) is 6.21. The number of amides is 1. The molecule has 0 saturated carbocycles. The van der Waals surface area contributed by atoms with Crippen LogP contribution in [0.1, 0.15) is 20.8 Å². The molecule has 0 saturated heterocycles. The second kappa shape index (κ2) is 5.49. The maximum atomic E-state index is 11.7. The third kappa shape index (κ3) is 5.17. The van der Waals surface area contributed by atoms with Gasteiger partial charge >= 0.3 is 0 Å². The smallest absolute Gasteiger partial charge is 0.239 e. The third-order valence-electron chi connectivity index (χ3n) is 2.00. The van der Waals surface area contributed by atoms with Gasteiger partial charge in [0, 0.05) is 23.3 Å². The van der Waals surface area contributed by atoms with Gasteiger partial charge in [0.15, 0.2) is 0 Å². The molecule has 1 amide bonds. The number of likely N-dealkylation sites (N-methyl/N-ethyl adjacent to an activating group) is 1. The number of rotatable bonds is 3. The van der Waals surface area contributed by atoms with Crippen LogP contribution in [-0.4, -0.2) is 30.0 Å². The first-order valence-electron chi connectivity index (χ1n) is 5.41. The largest absolute Gasteiger partial charge is 0.350 e. The van der Waals surface area contributed by atoms with Crippen molar-refractivity contribution < 1.29 is 4.79 Å². The summed E-state index contributed by atoms with van der Waals surface area (Å²) in [5, 5.41) is 2.91. The van der Waals surface area contributed by atoms with Gasteiger partial charge in [-0.2, -0.15) is 0 Å². The predicted octanol–water partition coefficient (Wildman–Crippen LogP) is 2.19. The highest BCUT2D eigenvalue weighted by molar-refractivity contribution is 9.10. The van der Waals surface area contributed by atoms with Gasteiger partial charge in [-0.05, 0) is 48.8 Å². The molecule has 0 radical (unpaired) electrons. The highest BCUT2D eigenvalue weighted by atomic mass is 79.9. The van der Waals surface area contributed by atoms with E-state index in [2.05, 4.69) is 26.2 Å². The second-order valence-corrected chi connectivity index (χ2v) is 5.90. The Bertz CT molecular complexity index is 384. The number of carbonyl (C=O) groups excluding carboxylic acids is 1. The number of pyridine rings is 1. The molecule has 1 aromatic heterocycles. The van der Waals surface area contributed by atoms with E-state index in [0.717, 1.165) is 10.3 Å². The van der Waals surface area contributed by atoms with E-state index in [4.69, 9.17) is 0 Å². The molecular formula is C12H18BrN3O. The lowest BCUT2D eigenvalue weighted by atomic mass is 10.1. The van der Waals surface area contributed by atoms with Crippen molar-refractivity contribution in [1.82, 2.24) is 10.3 Å². The van der Waals surface area contributed by atoms with Crippen LogP contribution in [0.5, 0.6) is 0 Å². The van der Waals surface area contributed by atoms with Crippen LogP contribution in [0, 0.1) is 0 Å². The predicted molar refractivity (Wildman–Crippen MR) is 73.1 cm³/mol. The second-order valence-electron chi connectivity index (χ2n) is 4.99. The van der Waals surface area contributed by atoms with Gasteiger partial charge in [-0.3, -0.25) is 4.79 Å². The zero-order chi connectivity index (χ0) is 13.1. The number of carbonyl (C=O) groups is 1. The number of aromatic nitrogens is 1. The number of hydrogen-bond acceptors (Lipinski definition) is 3. The van der Waals surface area contributed by atoms with Crippen LogP contribution in [-0.2, 0) is 4.79 Å². The Balaban J connectivity index is 2.57. The number of nitrogens with one attached hydrogen (secondary N) is 1. The van der Waals surface area contributed by atoms with Gasteiger partial charge in [0.25, 0.3) is 0 Å². The van der Waals surface area contributed by atoms with Crippen LogP contribution >= 0.6 is 15.9 Å². The summed E-state index contributed by atoms with van der Waals surface area (Å²) in [6, 6.07) is 3.77. The molecule has 1 N–H and O–H groups in total. The quantitative estimate of drug-likeness (QED) is 0.931. The highest BCUT2D eigenvalue weighted by Crippen LogP contribution is 2.13. The Labute approximate surface area is 111 Å². The molecule has 5 heteroatoms. The summed E-state index contributed by atoms with van der Waals surface area (Å²) in [4.78, 5) is 17.8. The molecule has 0 aromatic carbocycles. The maximum Gasteiger partial charge on any atom is 0.239 e. The van der Waals surface area contributed by atoms with Gasteiger partial charge in [0.1, 0.15) is 5.82 Å². The Morgan fingerprint density at radius 3 is 2.59 bits per heavy atom. The van der Waals surface area contributed by atoms with Crippen molar-refractivity contribution in [2.24, 2.45) is 0 Å². The molecule has 4 nitrogen and oxygen atoms in total. The zero-order valence-electron chi connectivity index (χ0n) is 10.6. The normalized spacial score (nSPS) is 11.1. The van der Waals surface area contributed by atoms with Crippen LogP contribution in [0.4, 0.5) is 5.82 Å². The molecule has 0 atom stereocenters. The fourth-order valence-corrected chi connectivity index (χ4v) is 1.58. The summed E-state index contributed by atoms with van der Waals surface area (Å²) >= 11 is 3.32. The number of halogens is 1. The molecular weight excluding hydrogens is 282 g/mol. The van der Waals surface area contributed by atoms with Crippen molar-refractivity contribution >= 4 is 27.7 Å². The molecule has 0 unspecified atom stereocenters. The SMILES string of the molecule is CN(CC(=O)NC(C)(C)C)c1ccc(Br)cn1. The van der Waals surface area contributed by atoms with Gasteiger partial charge < -0.3 is 10.2 Å². The van der Waals surface area contributed by atoms with E-state index in [1.807, 2.05) is 44.9 Å². The molecule has 0 aliphatic carbocycles. The molecule has 0 spiro atoms. The van der Waals surface area contributed by atoms with Crippen LogP contribution in [0.25, 0.3) is 0 Å². The number of anilines is 1. The summed E-state index contributed by atoms with van der Waals surface area (Å²) in [6.45, 7) is 6.18. The topological polar surface area (TPSA) is 45.2 Å². The molecule has 0 bridgehead atoms. The van der Waals surface area contributed by atoms with Crippen LogP contribution in [0.15, 0.2) is 22.8 Å².